The Labute approximate surface area is 160 Å². The van der Waals surface area contributed by atoms with Crippen molar-refractivity contribution in [1.29, 1.82) is 0 Å². The Morgan fingerprint density at radius 2 is 2.04 bits per heavy atom. The minimum absolute atomic E-state index is 0.0645. The number of aliphatic hydroxyl groups is 1. The lowest BCUT2D eigenvalue weighted by Gasteiger charge is -2.39. The summed E-state index contributed by atoms with van der Waals surface area (Å²) in [5, 5.41) is 13.4. The van der Waals surface area contributed by atoms with Gasteiger partial charge in [0, 0.05) is 17.1 Å². The number of pyridine rings is 1. The quantitative estimate of drug-likeness (QED) is 0.625. The standard InChI is InChI=1S/C21H22FN3OS/c1-4-27-24-20-18(21(25(27)3)14-7-9-15(22)10-8-14)12-17(13(2)26)16-6-5-11-23-19(16)20/h4-13,21,24,26H,1-3H3. The van der Waals surface area contributed by atoms with Crippen LogP contribution in [0.1, 0.15) is 42.7 Å². The first-order valence-corrected chi connectivity index (χ1v) is 10.1. The highest BCUT2D eigenvalue weighted by Gasteiger charge is 2.31. The van der Waals surface area contributed by atoms with Crippen molar-refractivity contribution >= 4 is 32.8 Å². The molecule has 2 heterocycles. The highest BCUT2D eigenvalue weighted by molar-refractivity contribution is 8.14. The molecule has 0 radical (unpaired) electrons. The number of anilines is 1. The Bertz CT molecular complexity index is 1030. The first-order valence-electron chi connectivity index (χ1n) is 8.88. The van der Waals surface area contributed by atoms with Gasteiger partial charge < -0.3 is 9.83 Å². The average Bonchev–Trinajstić information content (AvgIpc) is 2.67. The van der Waals surface area contributed by atoms with Crippen LogP contribution in [0.4, 0.5) is 10.1 Å². The van der Waals surface area contributed by atoms with E-state index in [-0.39, 0.29) is 22.7 Å². The number of aromatic nitrogens is 1. The van der Waals surface area contributed by atoms with Gasteiger partial charge in [0.1, 0.15) is 5.82 Å². The van der Waals surface area contributed by atoms with Gasteiger partial charge in [-0.05, 0) is 72.5 Å². The first-order chi connectivity index (χ1) is 13.0. The lowest BCUT2D eigenvalue weighted by Crippen LogP contribution is -2.29. The van der Waals surface area contributed by atoms with E-state index in [0.29, 0.717) is 0 Å². The van der Waals surface area contributed by atoms with E-state index in [9.17, 15) is 9.50 Å². The summed E-state index contributed by atoms with van der Waals surface area (Å²) < 4.78 is 19.3. The smallest absolute Gasteiger partial charge is 0.123 e. The van der Waals surface area contributed by atoms with Crippen LogP contribution in [-0.4, -0.2) is 26.8 Å². The van der Waals surface area contributed by atoms with Gasteiger partial charge in [-0.3, -0.25) is 4.98 Å². The molecule has 4 nitrogen and oxygen atoms in total. The van der Waals surface area contributed by atoms with Gasteiger partial charge in [0.25, 0.3) is 0 Å². The van der Waals surface area contributed by atoms with Gasteiger partial charge >= 0.3 is 0 Å². The maximum Gasteiger partial charge on any atom is 0.123 e. The number of fused-ring (bicyclic) bond motifs is 3. The fraction of sp³-hybridized carbons (Fsp3) is 0.238. The van der Waals surface area contributed by atoms with Gasteiger partial charge in [-0.15, -0.1) is 0 Å². The third-order valence-corrected chi connectivity index (χ3v) is 6.68. The summed E-state index contributed by atoms with van der Waals surface area (Å²) in [6.45, 7) is 3.80. The molecule has 0 aliphatic carbocycles. The van der Waals surface area contributed by atoms with Gasteiger partial charge in [0.15, 0.2) is 0 Å². The summed E-state index contributed by atoms with van der Waals surface area (Å²) in [7, 11) is 1.75. The molecular formula is C21H22FN3OS. The second-order valence-electron chi connectivity index (χ2n) is 6.66. The summed E-state index contributed by atoms with van der Waals surface area (Å²) >= 11 is 0. The summed E-state index contributed by atoms with van der Waals surface area (Å²) in [6.07, 6.45) is 1.16. The van der Waals surface area contributed by atoms with Gasteiger partial charge in [0.05, 0.1) is 23.3 Å². The molecule has 3 atom stereocenters. The maximum atomic E-state index is 13.5. The Morgan fingerprint density at radius 1 is 1.30 bits per heavy atom. The SMILES string of the molecule is C/C=S1/Nc2c(cc(C(C)O)c3cccnc23)C(c2ccc(F)cc2)N1C. The van der Waals surface area contributed by atoms with E-state index in [0.717, 1.165) is 33.3 Å². The van der Waals surface area contributed by atoms with E-state index in [1.165, 1.54) is 12.1 Å². The maximum absolute atomic E-state index is 13.5. The molecule has 27 heavy (non-hydrogen) atoms. The van der Waals surface area contributed by atoms with E-state index < -0.39 is 6.10 Å². The van der Waals surface area contributed by atoms with E-state index in [2.05, 4.69) is 32.5 Å². The topological polar surface area (TPSA) is 48.4 Å². The molecule has 4 rings (SSSR count). The van der Waals surface area contributed by atoms with Crippen molar-refractivity contribution in [2.75, 3.05) is 11.8 Å². The van der Waals surface area contributed by atoms with E-state index in [4.69, 9.17) is 0 Å². The van der Waals surface area contributed by atoms with Crippen LogP contribution in [0.25, 0.3) is 10.9 Å². The number of benzene rings is 2. The molecule has 1 aliphatic rings. The van der Waals surface area contributed by atoms with Crippen molar-refractivity contribution in [3.63, 3.8) is 0 Å². The molecule has 3 unspecified atom stereocenters. The monoisotopic (exact) mass is 383 g/mol. The molecule has 0 bridgehead atoms. The normalized spacial score (nSPS) is 21.1. The molecule has 0 fully saturated rings. The number of nitrogens with zero attached hydrogens (tertiary/aromatic N) is 2. The summed E-state index contributed by atoms with van der Waals surface area (Å²) in [6, 6.07) is 12.5. The summed E-state index contributed by atoms with van der Waals surface area (Å²) in [5.74, 6) is -0.249. The lowest BCUT2D eigenvalue weighted by atomic mass is 9.91. The second kappa shape index (κ2) is 7.03. The molecule has 0 spiro atoms. The van der Waals surface area contributed by atoms with Crippen LogP contribution in [0.5, 0.6) is 0 Å². The summed E-state index contributed by atoms with van der Waals surface area (Å²) in [4.78, 5) is 4.61. The zero-order chi connectivity index (χ0) is 19.1. The summed E-state index contributed by atoms with van der Waals surface area (Å²) in [5.41, 5.74) is 4.72. The Morgan fingerprint density at radius 3 is 2.70 bits per heavy atom. The highest BCUT2D eigenvalue weighted by atomic mass is 32.2. The third-order valence-electron chi connectivity index (χ3n) is 4.99. The van der Waals surface area contributed by atoms with E-state index in [1.54, 1.807) is 13.1 Å². The van der Waals surface area contributed by atoms with Crippen molar-refractivity contribution in [3.8, 4) is 0 Å². The number of rotatable bonds is 2. The first kappa shape index (κ1) is 18.1. The molecule has 0 saturated heterocycles. The van der Waals surface area contributed by atoms with Crippen molar-refractivity contribution in [1.82, 2.24) is 9.29 Å². The molecule has 0 amide bonds. The molecule has 2 aromatic carbocycles. The Balaban J connectivity index is 2.04. The number of halogens is 1. The zero-order valence-electron chi connectivity index (χ0n) is 15.5. The number of hydrogen-bond donors (Lipinski definition) is 2. The van der Waals surface area contributed by atoms with E-state index in [1.807, 2.05) is 31.2 Å². The molecule has 1 aromatic heterocycles. The number of nitrogens with one attached hydrogen (secondary N) is 1. The van der Waals surface area contributed by atoms with Gasteiger partial charge in [0.2, 0.25) is 0 Å². The van der Waals surface area contributed by atoms with Crippen LogP contribution >= 0.6 is 10.9 Å². The minimum atomic E-state index is -0.612. The highest BCUT2D eigenvalue weighted by Crippen LogP contribution is 2.47. The van der Waals surface area contributed by atoms with Gasteiger partial charge in [-0.1, -0.05) is 18.2 Å². The fourth-order valence-corrected chi connectivity index (χ4v) is 5.19. The van der Waals surface area contributed by atoms with E-state index >= 15 is 0 Å². The van der Waals surface area contributed by atoms with Crippen molar-refractivity contribution in [2.45, 2.75) is 26.0 Å². The zero-order valence-corrected chi connectivity index (χ0v) is 16.3. The van der Waals surface area contributed by atoms with Crippen molar-refractivity contribution in [3.05, 3.63) is 71.2 Å². The van der Waals surface area contributed by atoms with Crippen LogP contribution in [0.2, 0.25) is 0 Å². The third kappa shape index (κ3) is 3.04. The van der Waals surface area contributed by atoms with Crippen LogP contribution in [0, 0.1) is 5.82 Å². The molecule has 3 aromatic rings. The molecular weight excluding hydrogens is 361 g/mol. The van der Waals surface area contributed by atoms with Crippen molar-refractivity contribution < 1.29 is 9.50 Å². The molecule has 6 heteroatoms. The number of aliphatic hydroxyl groups excluding tert-OH is 1. The Hall–Kier alpha value is -2.28. The largest absolute Gasteiger partial charge is 0.389 e. The van der Waals surface area contributed by atoms with Gasteiger partial charge in [-0.25, -0.2) is 8.70 Å². The second-order valence-corrected chi connectivity index (χ2v) is 8.54. The molecule has 2 N–H and O–H groups in total. The Kier molecular flexibility index (Phi) is 4.72. The van der Waals surface area contributed by atoms with Crippen LogP contribution < -0.4 is 4.72 Å². The fourth-order valence-electron chi connectivity index (χ4n) is 3.71. The minimum Gasteiger partial charge on any atom is -0.389 e. The predicted octanol–water partition coefficient (Wildman–Crippen LogP) is 4.79. The number of hydrogen-bond acceptors (Lipinski definition) is 4. The average molecular weight is 383 g/mol. The van der Waals surface area contributed by atoms with Crippen LogP contribution in [-0.2, 0) is 0 Å². The molecule has 140 valence electrons. The van der Waals surface area contributed by atoms with Crippen LogP contribution in [0.3, 0.4) is 0 Å². The predicted molar refractivity (Wildman–Crippen MR) is 111 cm³/mol. The molecule has 0 saturated carbocycles. The lowest BCUT2D eigenvalue weighted by molar-refractivity contribution is 0.200. The van der Waals surface area contributed by atoms with Crippen molar-refractivity contribution in [2.24, 2.45) is 0 Å². The van der Waals surface area contributed by atoms with Gasteiger partial charge in [-0.2, -0.15) is 0 Å². The molecule has 1 aliphatic heterocycles. The van der Waals surface area contributed by atoms with Crippen LogP contribution in [0.15, 0.2) is 48.7 Å².